The summed E-state index contributed by atoms with van der Waals surface area (Å²) in [4.78, 5) is 23.3. The lowest BCUT2D eigenvalue weighted by atomic mass is 9.81. The van der Waals surface area contributed by atoms with Gasteiger partial charge in [0.25, 0.3) is 0 Å². The van der Waals surface area contributed by atoms with E-state index in [9.17, 15) is 22.8 Å². The van der Waals surface area contributed by atoms with Gasteiger partial charge in [0.05, 0.1) is 52.2 Å². The first-order valence-electron chi connectivity index (χ1n) is 19.1. The van der Waals surface area contributed by atoms with Crippen LogP contribution in [-0.2, 0) is 35.3 Å². The number of nitrogens with one attached hydrogen (secondary N) is 6. The van der Waals surface area contributed by atoms with Crippen molar-refractivity contribution in [1.82, 2.24) is 40.8 Å². The average Bonchev–Trinajstić information content (AvgIpc) is 4.10. The minimum Gasteiger partial charge on any atom is -0.497 e. The summed E-state index contributed by atoms with van der Waals surface area (Å²) in [6, 6.07) is 4.47. The van der Waals surface area contributed by atoms with E-state index >= 15 is 0 Å². The summed E-state index contributed by atoms with van der Waals surface area (Å²) in [5.74, 6) is -2.39. The highest BCUT2D eigenvalue weighted by Gasteiger charge is 2.33. The second kappa shape index (κ2) is 17.9. The summed E-state index contributed by atoms with van der Waals surface area (Å²) < 4.78 is 65.4. The third kappa shape index (κ3) is 8.17. The Kier molecular flexibility index (Phi) is 12.3. The summed E-state index contributed by atoms with van der Waals surface area (Å²) in [5, 5.41) is 34.0. The smallest absolute Gasteiger partial charge is 0.247 e. The molecule has 16 nitrogen and oxygen atoms in total. The highest BCUT2D eigenvalue weighted by Crippen LogP contribution is 2.44. The van der Waals surface area contributed by atoms with Gasteiger partial charge in [-0.15, -0.1) is 0 Å². The number of benzene rings is 2. The minimum absolute atomic E-state index is 0.0449. The van der Waals surface area contributed by atoms with E-state index < -0.39 is 17.6 Å². The van der Waals surface area contributed by atoms with Gasteiger partial charge in [0.15, 0.2) is 34.7 Å². The largest absolute Gasteiger partial charge is 0.497 e. The number of aromatic amines is 4. The van der Waals surface area contributed by atoms with Gasteiger partial charge in [-0.05, 0) is 74.1 Å². The van der Waals surface area contributed by atoms with Crippen molar-refractivity contribution in [2.45, 2.75) is 50.4 Å². The molecule has 0 aliphatic heterocycles. The van der Waals surface area contributed by atoms with E-state index in [4.69, 9.17) is 18.9 Å². The standard InChI is InChI=1S/C21H21F2N5O3.C21H22FN5O3/c1-4-16(29)25-13-9-24-27-21(13)20-11-6-5-10(7-12(11)26-28-20)17-18(22)14(30-2)8-15(31-3)19(17)23;1-4-18(28)24-16-10-23-26-21(16)20-13-6-5-11(7-15(13)25-27-20)14-8-12(29-2)9-17(30-3)19(14)22/h4,8-10H,1,5-7H2,2-3H3,(H,24,27)(H,25,29)(H,26,28);4,8-11H,1,5-7H2,2-3H3,(H,23,26)(H,24,28)(H,25,27). The molecule has 0 bridgehead atoms. The maximum atomic E-state index is 14.9. The van der Waals surface area contributed by atoms with E-state index in [1.165, 1.54) is 45.9 Å². The van der Waals surface area contributed by atoms with Crippen molar-refractivity contribution in [3.8, 4) is 45.8 Å². The first kappa shape index (κ1) is 41.8. The first-order valence-corrected chi connectivity index (χ1v) is 19.1. The number of halogens is 3. The van der Waals surface area contributed by atoms with Crippen LogP contribution in [0.4, 0.5) is 24.5 Å². The number of carbonyl (C=O) groups excluding carboxylic acids is 2. The Balaban J connectivity index is 0.000000184. The van der Waals surface area contributed by atoms with Crippen LogP contribution in [0.2, 0.25) is 0 Å². The average molecular weight is 841 g/mol. The zero-order chi connectivity index (χ0) is 43.4. The molecular formula is C42H43F3N10O6. The van der Waals surface area contributed by atoms with Gasteiger partial charge in [-0.1, -0.05) is 13.2 Å². The van der Waals surface area contributed by atoms with E-state index in [1.807, 2.05) is 0 Å². The molecule has 2 unspecified atom stereocenters. The molecule has 6 N–H and O–H groups in total. The molecular weight excluding hydrogens is 798 g/mol. The Morgan fingerprint density at radius 1 is 0.672 bits per heavy atom. The molecule has 2 aliphatic rings. The van der Waals surface area contributed by atoms with Crippen molar-refractivity contribution in [3.05, 3.63) is 107 Å². The molecule has 4 aromatic heterocycles. The highest BCUT2D eigenvalue weighted by molar-refractivity contribution is 6.01. The number of anilines is 2. The Hall–Kier alpha value is -7.31. The normalized spacial score (nSPS) is 15.3. The molecule has 0 saturated carbocycles. The monoisotopic (exact) mass is 840 g/mol. The number of amides is 2. The van der Waals surface area contributed by atoms with Crippen molar-refractivity contribution in [3.63, 3.8) is 0 Å². The Morgan fingerprint density at radius 3 is 1.62 bits per heavy atom. The molecule has 2 aromatic carbocycles. The lowest BCUT2D eigenvalue weighted by molar-refractivity contribution is -0.112. The Bertz CT molecular complexity index is 2580. The molecule has 6 aromatic rings. The number of carbonyl (C=O) groups is 2. The number of hydrogen-bond acceptors (Lipinski definition) is 10. The molecule has 61 heavy (non-hydrogen) atoms. The number of H-pyrrole nitrogens is 4. The van der Waals surface area contributed by atoms with Gasteiger partial charge in [-0.3, -0.25) is 30.0 Å². The third-order valence-corrected chi connectivity index (χ3v) is 10.9. The SMILES string of the molecule is C=CC(=O)Nc1cn[nH]c1-c1n[nH]c2c1CCC(c1c(F)c(OC)cc(OC)c1F)C2.C=CC(=O)Nc1cn[nH]c1-c1n[nH]c2c1CCC(c1cc(OC)cc(OC)c1F)C2. The summed E-state index contributed by atoms with van der Waals surface area (Å²) in [5.41, 5.74) is 7.61. The zero-order valence-electron chi connectivity index (χ0n) is 33.7. The minimum atomic E-state index is -0.725. The first-order chi connectivity index (χ1) is 29.5. The second-order valence-electron chi connectivity index (χ2n) is 14.2. The van der Waals surface area contributed by atoms with Crippen LogP contribution in [-0.4, -0.2) is 81.0 Å². The summed E-state index contributed by atoms with van der Waals surface area (Å²) in [6.07, 6.45) is 8.76. The van der Waals surface area contributed by atoms with E-state index in [2.05, 4.69) is 64.6 Å². The Labute approximate surface area is 347 Å². The van der Waals surface area contributed by atoms with Gasteiger partial charge in [0.1, 0.15) is 28.5 Å². The van der Waals surface area contributed by atoms with Crippen LogP contribution in [0.3, 0.4) is 0 Å². The van der Waals surface area contributed by atoms with Crippen LogP contribution in [0.15, 0.2) is 55.9 Å². The lowest BCUT2D eigenvalue weighted by Gasteiger charge is -2.24. The molecule has 8 rings (SSSR count). The van der Waals surface area contributed by atoms with E-state index in [-0.39, 0.29) is 46.4 Å². The van der Waals surface area contributed by atoms with E-state index in [1.54, 1.807) is 19.2 Å². The third-order valence-electron chi connectivity index (χ3n) is 10.9. The second-order valence-corrected chi connectivity index (χ2v) is 14.2. The van der Waals surface area contributed by atoms with Gasteiger partial charge in [0, 0.05) is 40.2 Å². The molecule has 318 valence electrons. The number of aromatic nitrogens is 8. The van der Waals surface area contributed by atoms with E-state index in [0.29, 0.717) is 77.6 Å². The summed E-state index contributed by atoms with van der Waals surface area (Å²) in [7, 11) is 5.64. The van der Waals surface area contributed by atoms with Crippen LogP contribution < -0.4 is 29.6 Å². The van der Waals surface area contributed by atoms with Crippen molar-refractivity contribution in [2.24, 2.45) is 0 Å². The van der Waals surface area contributed by atoms with Gasteiger partial charge in [-0.2, -0.15) is 20.4 Å². The van der Waals surface area contributed by atoms with Gasteiger partial charge in [0.2, 0.25) is 11.8 Å². The quantitative estimate of drug-likeness (QED) is 0.0707. The number of fused-ring (bicyclic) bond motifs is 2. The zero-order valence-corrected chi connectivity index (χ0v) is 33.7. The number of rotatable bonds is 12. The highest BCUT2D eigenvalue weighted by atomic mass is 19.1. The van der Waals surface area contributed by atoms with Crippen molar-refractivity contribution < 1.29 is 41.7 Å². The van der Waals surface area contributed by atoms with Crippen LogP contribution in [0, 0.1) is 17.5 Å². The fourth-order valence-electron chi connectivity index (χ4n) is 7.85. The van der Waals surface area contributed by atoms with Crippen LogP contribution in [0.5, 0.6) is 23.0 Å². The number of nitrogens with zero attached hydrogens (tertiary/aromatic N) is 4. The molecule has 0 spiro atoms. The van der Waals surface area contributed by atoms with Gasteiger partial charge >= 0.3 is 0 Å². The fraction of sp³-hybridized carbons (Fsp3) is 0.286. The van der Waals surface area contributed by atoms with Crippen molar-refractivity contribution >= 4 is 23.2 Å². The molecule has 0 saturated heterocycles. The maximum Gasteiger partial charge on any atom is 0.247 e. The maximum absolute atomic E-state index is 14.9. The van der Waals surface area contributed by atoms with Crippen molar-refractivity contribution in [1.29, 1.82) is 0 Å². The molecule has 4 heterocycles. The van der Waals surface area contributed by atoms with E-state index in [0.717, 1.165) is 35.0 Å². The topological polar surface area (TPSA) is 210 Å². The molecule has 0 radical (unpaired) electrons. The molecule has 19 heteroatoms. The number of methoxy groups -OCH3 is 4. The van der Waals surface area contributed by atoms with Crippen LogP contribution in [0.25, 0.3) is 22.8 Å². The summed E-state index contributed by atoms with van der Waals surface area (Å²) in [6.45, 7) is 6.90. The van der Waals surface area contributed by atoms with Gasteiger partial charge in [-0.25, -0.2) is 13.2 Å². The number of hydrogen-bond donors (Lipinski definition) is 6. The summed E-state index contributed by atoms with van der Waals surface area (Å²) >= 11 is 0. The Morgan fingerprint density at radius 2 is 1.15 bits per heavy atom. The predicted molar refractivity (Wildman–Crippen MR) is 218 cm³/mol. The van der Waals surface area contributed by atoms with Crippen LogP contribution >= 0.6 is 0 Å². The predicted octanol–water partition coefficient (Wildman–Crippen LogP) is 6.85. The number of ether oxygens (including phenoxy) is 4. The van der Waals surface area contributed by atoms with Crippen molar-refractivity contribution in [2.75, 3.05) is 39.1 Å². The van der Waals surface area contributed by atoms with Gasteiger partial charge < -0.3 is 29.6 Å². The fourth-order valence-corrected chi connectivity index (χ4v) is 7.85. The van der Waals surface area contributed by atoms with Crippen LogP contribution in [0.1, 0.15) is 58.3 Å². The lowest BCUT2D eigenvalue weighted by Crippen LogP contribution is -2.16. The molecule has 2 aliphatic carbocycles. The molecule has 0 fully saturated rings. The molecule has 2 atom stereocenters. The molecule has 2 amide bonds.